The van der Waals surface area contributed by atoms with E-state index in [-0.39, 0.29) is 0 Å². The molecule has 5 heteroatoms. The first-order valence-corrected chi connectivity index (χ1v) is 6.77. The van der Waals surface area contributed by atoms with Crippen molar-refractivity contribution in [2.75, 3.05) is 6.61 Å². The van der Waals surface area contributed by atoms with Crippen LogP contribution in [0.15, 0.2) is 23.8 Å². The summed E-state index contributed by atoms with van der Waals surface area (Å²) in [6.45, 7) is 5.73. The maximum atomic E-state index is 11.1. The van der Waals surface area contributed by atoms with Gasteiger partial charge in [0.25, 0.3) is 0 Å². The van der Waals surface area contributed by atoms with Crippen molar-refractivity contribution in [3.63, 3.8) is 0 Å². The van der Waals surface area contributed by atoms with E-state index in [1.54, 1.807) is 26.0 Å². The van der Waals surface area contributed by atoms with E-state index in [9.17, 15) is 15.0 Å². The number of hydrogen-bond donors (Lipinski definition) is 3. The van der Waals surface area contributed by atoms with Crippen molar-refractivity contribution in [1.82, 2.24) is 0 Å². The first kappa shape index (κ1) is 15.2. The number of aliphatic hydroxyl groups excluding tert-OH is 1. The number of ether oxygens (including phenoxy) is 1. The molecule has 0 amide bonds. The molecule has 0 aromatic carbocycles. The second-order valence-electron chi connectivity index (χ2n) is 6.47. The lowest BCUT2D eigenvalue weighted by Gasteiger charge is -2.49. The fourth-order valence-electron chi connectivity index (χ4n) is 3.52. The van der Waals surface area contributed by atoms with E-state index in [0.717, 1.165) is 6.08 Å². The molecular formula is C15H22O5. The molecule has 5 nitrogen and oxygen atoms in total. The molecule has 1 saturated carbocycles. The average Bonchev–Trinajstić information content (AvgIpc) is 2.43. The lowest BCUT2D eigenvalue weighted by atomic mass is 9.59. The van der Waals surface area contributed by atoms with Crippen LogP contribution in [-0.2, 0) is 9.53 Å². The zero-order chi connectivity index (χ0) is 15.2. The zero-order valence-electron chi connectivity index (χ0n) is 12.1. The summed E-state index contributed by atoms with van der Waals surface area (Å²) < 4.78 is 5.77. The maximum absolute atomic E-state index is 11.1. The molecule has 2 rings (SSSR count). The molecule has 3 N–H and O–H groups in total. The molecule has 2 fully saturated rings. The molecule has 2 bridgehead atoms. The van der Waals surface area contributed by atoms with Gasteiger partial charge >= 0.3 is 5.97 Å². The Morgan fingerprint density at radius 3 is 2.55 bits per heavy atom. The van der Waals surface area contributed by atoms with Gasteiger partial charge in [-0.05, 0) is 31.9 Å². The molecule has 1 aliphatic heterocycles. The van der Waals surface area contributed by atoms with E-state index >= 15 is 0 Å². The number of fused-ring (bicyclic) bond motifs is 2. The van der Waals surface area contributed by atoms with Crippen LogP contribution in [0.4, 0.5) is 0 Å². The Labute approximate surface area is 118 Å². The quantitative estimate of drug-likeness (QED) is 0.536. The summed E-state index contributed by atoms with van der Waals surface area (Å²) in [5.41, 5.74) is -2.09. The first-order valence-electron chi connectivity index (χ1n) is 6.77. The molecular weight excluding hydrogens is 260 g/mol. The van der Waals surface area contributed by atoms with Crippen LogP contribution in [-0.4, -0.2) is 45.2 Å². The van der Waals surface area contributed by atoms with Gasteiger partial charge in [0.05, 0.1) is 12.7 Å². The van der Waals surface area contributed by atoms with E-state index in [2.05, 4.69) is 0 Å². The number of carbonyl (C=O) groups is 1. The molecule has 1 saturated heterocycles. The number of allylic oxidation sites excluding steroid dienone is 2. The number of rotatable bonds is 3. The van der Waals surface area contributed by atoms with Gasteiger partial charge in [-0.3, -0.25) is 0 Å². The van der Waals surface area contributed by atoms with Crippen LogP contribution >= 0.6 is 0 Å². The monoisotopic (exact) mass is 282 g/mol. The van der Waals surface area contributed by atoms with Gasteiger partial charge in [0, 0.05) is 17.9 Å². The lowest BCUT2D eigenvalue weighted by molar-refractivity contribution is -0.150. The highest BCUT2D eigenvalue weighted by Crippen LogP contribution is 2.57. The fourth-order valence-corrected chi connectivity index (χ4v) is 3.52. The lowest BCUT2D eigenvalue weighted by Crippen LogP contribution is -2.60. The molecule has 4 atom stereocenters. The Kier molecular flexibility index (Phi) is 3.57. The van der Waals surface area contributed by atoms with Gasteiger partial charge in [-0.1, -0.05) is 13.0 Å². The van der Waals surface area contributed by atoms with E-state index in [4.69, 9.17) is 9.84 Å². The third-order valence-electron chi connectivity index (χ3n) is 4.69. The number of hydrogen-bond acceptors (Lipinski definition) is 4. The Morgan fingerprint density at radius 2 is 2.00 bits per heavy atom. The Morgan fingerprint density at radius 1 is 1.35 bits per heavy atom. The summed E-state index contributed by atoms with van der Waals surface area (Å²) in [5, 5.41) is 29.7. The topological polar surface area (TPSA) is 87.0 Å². The molecule has 112 valence electrons. The van der Waals surface area contributed by atoms with E-state index < -0.39 is 28.7 Å². The summed E-state index contributed by atoms with van der Waals surface area (Å²) in [5.74, 6) is -1.02. The van der Waals surface area contributed by atoms with Crippen molar-refractivity contribution in [3.05, 3.63) is 23.8 Å². The van der Waals surface area contributed by atoms with Crippen molar-refractivity contribution in [1.29, 1.82) is 0 Å². The summed E-state index contributed by atoms with van der Waals surface area (Å²) in [6.07, 6.45) is 4.66. The van der Waals surface area contributed by atoms with Crippen molar-refractivity contribution in [3.8, 4) is 0 Å². The molecule has 1 heterocycles. The van der Waals surface area contributed by atoms with Crippen molar-refractivity contribution in [2.24, 2.45) is 5.41 Å². The second kappa shape index (κ2) is 4.69. The van der Waals surface area contributed by atoms with Gasteiger partial charge in [0.15, 0.2) is 0 Å². The van der Waals surface area contributed by atoms with E-state index in [1.807, 2.05) is 6.92 Å². The highest BCUT2D eigenvalue weighted by atomic mass is 16.5. The fraction of sp³-hybridized carbons (Fsp3) is 0.667. The van der Waals surface area contributed by atoms with Gasteiger partial charge in [0.2, 0.25) is 0 Å². The SMILES string of the molecule is CC(C=C[C@]1(O)[C@@]2(C)CO[C@]1(C)C[C@@H](O)C2)=CC(=O)O. The minimum atomic E-state index is -1.22. The summed E-state index contributed by atoms with van der Waals surface area (Å²) >= 11 is 0. The third kappa shape index (κ3) is 2.20. The normalized spacial score (nSPS) is 45.0. The summed E-state index contributed by atoms with van der Waals surface area (Å²) in [6, 6.07) is 0. The molecule has 0 unspecified atom stereocenters. The van der Waals surface area contributed by atoms with Gasteiger partial charge < -0.3 is 20.1 Å². The highest BCUT2D eigenvalue weighted by molar-refractivity contribution is 5.81. The molecule has 1 aliphatic carbocycles. The third-order valence-corrected chi connectivity index (χ3v) is 4.69. The first-order chi connectivity index (χ1) is 9.12. The Hall–Kier alpha value is -1.17. The number of aliphatic carboxylic acids is 1. The Balaban J connectivity index is 2.34. The van der Waals surface area contributed by atoms with E-state index in [1.165, 1.54) is 0 Å². The Bertz CT molecular complexity index is 461. The molecule has 0 aromatic heterocycles. The van der Waals surface area contributed by atoms with Crippen molar-refractivity contribution in [2.45, 2.75) is 50.9 Å². The van der Waals surface area contributed by atoms with Crippen LogP contribution < -0.4 is 0 Å². The number of carboxylic acid groups (broad SMARTS) is 1. The smallest absolute Gasteiger partial charge is 0.328 e. The van der Waals surface area contributed by atoms with Gasteiger partial charge in [0.1, 0.15) is 11.2 Å². The highest BCUT2D eigenvalue weighted by Gasteiger charge is 2.67. The molecule has 2 aliphatic rings. The minimum absolute atomic E-state index is 0.366. The molecule has 20 heavy (non-hydrogen) atoms. The summed E-state index contributed by atoms with van der Waals surface area (Å²) in [7, 11) is 0. The van der Waals surface area contributed by atoms with Gasteiger partial charge in [-0.2, -0.15) is 0 Å². The van der Waals surface area contributed by atoms with Crippen molar-refractivity contribution >= 4 is 5.97 Å². The van der Waals surface area contributed by atoms with E-state index in [0.29, 0.717) is 25.0 Å². The van der Waals surface area contributed by atoms with Crippen LogP contribution in [0.1, 0.15) is 33.6 Å². The average molecular weight is 282 g/mol. The number of aliphatic hydroxyl groups is 2. The second-order valence-corrected chi connectivity index (χ2v) is 6.47. The molecule has 0 radical (unpaired) electrons. The zero-order valence-corrected chi connectivity index (χ0v) is 12.1. The van der Waals surface area contributed by atoms with Crippen molar-refractivity contribution < 1.29 is 24.9 Å². The predicted molar refractivity (Wildman–Crippen MR) is 73.2 cm³/mol. The van der Waals surface area contributed by atoms with Gasteiger partial charge in [-0.15, -0.1) is 0 Å². The predicted octanol–water partition coefficient (Wildman–Crippen LogP) is 1.25. The molecule has 0 spiro atoms. The maximum Gasteiger partial charge on any atom is 0.328 e. The van der Waals surface area contributed by atoms with Crippen LogP contribution in [0, 0.1) is 5.41 Å². The van der Waals surface area contributed by atoms with Crippen LogP contribution in [0.3, 0.4) is 0 Å². The largest absolute Gasteiger partial charge is 0.478 e. The summed E-state index contributed by atoms with van der Waals surface area (Å²) in [4.78, 5) is 10.6. The van der Waals surface area contributed by atoms with Crippen LogP contribution in [0.25, 0.3) is 0 Å². The standard InChI is InChI=1S/C15H22O5/c1-10(6-12(17)18)4-5-15(19)13(2)7-11(16)8-14(15,3)20-9-13/h4-6,11,16,19H,7-9H2,1-3H3,(H,17,18)/t11-,13+,14+,15-/m0/s1. The van der Waals surface area contributed by atoms with Crippen LogP contribution in [0.5, 0.6) is 0 Å². The minimum Gasteiger partial charge on any atom is -0.478 e. The van der Waals surface area contributed by atoms with Crippen LogP contribution in [0.2, 0.25) is 0 Å². The number of carboxylic acids is 1. The van der Waals surface area contributed by atoms with Gasteiger partial charge in [-0.25, -0.2) is 4.79 Å². The molecule has 0 aromatic rings.